The SMILES string of the molecule is COc1ccc(OC)c(-c2csc(NC(=O)NCCc3ccccc3)n2)c1. The first-order valence-electron chi connectivity index (χ1n) is 8.46. The van der Waals surface area contributed by atoms with E-state index < -0.39 is 0 Å². The lowest BCUT2D eigenvalue weighted by molar-refractivity contribution is 0.252. The van der Waals surface area contributed by atoms with Crippen molar-refractivity contribution in [3.63, 3.8) is 0 Å². The van der Waals surface area contributed by atoms with Crippen molar-refractivity contribution >= 4 is 22.5 Å². The number of nitrogens with zero attached hydrogens (tertiary/aromatic N) is 1. The molecule has 0 fully saturated rings. The van der Waals surface area contributed by atoms with Crippen molar-refractivity contribution in [2.24, 2.45) is 0 Å². The highest BCUT2D eigenvalue weighted by Crippen LogP contribution is 2.34. The van der Waals surface area contributed by atoms with Crippen molar-refractivity contribution in [1.29, 1.82) is 0 Å². The van der Waals surface area contributed by atoms with Gasteiger partial charge >= 0.3 is 6.03 Å². The van der Waals surface area contributed by atoms with E-state index in [1.54, 1.807) is 14.2 Å². The molecule has 0 unspecified atom stereocenters. The van der Waals surface area contributed by atoms with Crippen molar-refractivity contribution in [2.75, 3.05) is 26.1 Å². The molecular formula is C20H21N3O3S. The average molecular weight is 383 g/mol. The van der Waals surface area contributed by atoms with Gasteiger partial charge < -0.3 is 14.8 Å². The number of aromatic nitrogens is 1. The Bertz CT molecular complexity index is 896. The number of ether oxygens (including phenoxy) is 2. The molecule has 0 saturated heterocycles. The van der Waals surface area contributed by atoms with Crippen LogP contribution in [0.3, 0.4) is 0 Å². The zero-order valence-corrected chi connectivity index (χ0v) is 16.0. The number of carbonyl (C=O) groups is 1. The number of methoxy groups -OCH3 is 2. The van der Waals surface area contributed by atoms with Crippen LogP contribution in [0, 0.1) is 0 Å². The highest BCUT2D eigenvalue weighted by molar-refractivity contribution is 7.14. The van der Waals surface area contributed by atoms with Gasteiger partial charge in [-0.3, -0.25) is 5.32 Å². The molecular weight excluding hydrogens is 362 g/mol. The molecule has 7 heteroatoms. The lowest BCUT2D eigenvalue weighted by Crippen LogP contribution is -2.30. The third-order valence-electron chi connectivity index (χ3n) is 3.95. The maximum Gasteiger partial charge on any atom is 0.321 e. The highest BCUT2D eigenvalue weighted by Gasteiger charge is 2.13. The van der Waals surface area contributed by atoms with Crippen molar-refractivity contribution in [3.8, 4) is 22.8 Å². The van der Waals surface area contributed by atoms with Gasteiger partial charge in [0, 0.05) is 17.5 Å². The first-order valence-corrected chi connectivity index (χ1v) is 9.34. The van der Waals surface area contributed by atoms with Crippen molar-refractivity contribution < 1.29 is 14.3 Å². The van der Waals surface area contributed by atoms with Crippen molar-refractivity contribution in [1.82, 2.24) is 10.3 Å². The van der Waals surface area contributed by atoms with Crippen LogP contribution in [0.1, 0.15) is 5.56 Å². The Labute approximate surface area is 162 Å². The van der Waals surface area contributed by atoms with Gasteiger partial charge in [0.05, 0.1) is 19.9 Å². The number of hydrogen-bond donors (Lipinski definition) is 2. The molecule has 0 radical (unpaired) electrons. The fourth-order valence-electron chi connectivity index (χ4n) is 2.58. The van der Waals surface area contributed by atoms with E-state index in [0.29, 0.717) is 23.2 Å². The van der Waals surface area contributed by atoms with E-state index in [0.717, 1.165) is 17.7 Å². The summed E-state index contributed by atoms with van der Waals surface area (Å²) in [6, 6.07) is 15.3. The second kappa shape index (κ2) is 9.05. The number of hydrogen-bond acceptors (Lipinski definition) is 5. The molecule has 140 valence electrons. The maximum absolute atomic E-state index is 12.1. The third kappa shape index (κ3) is 4.98. The molecule has 3 rings (SSSR count). The Morgan fingerprint density at radius 2 is 1.93 bits per heavy atom. The zero-order valence-electron chi connectivity index (χ0n) is 15.2. The van der Waals surface area contributed by atoms with Gasteiger partial charge in [-0.15, -0.1) is 11.3 Å². The Morgan fingerprint density at radius 1 is 1.11 bits per heavy atom. The van der Waals surface area contributed by atoms with E-state index in [1.165, 1.54) is 16.9 Å². The van der Waals surface area contributed by atoms with E-state index in [9.17, 15) is 4.79 Å². The summed E-state index contributed by atoms with van der Waals surface area (Å²) in [6.07, 6.45) is 0.776. The molecule has 0 spiro atoms. The summed E-state index contributed by atoms with van der Waals surface area (Å²) in [5.74, 6) is 1.41. The average Bonchev–Trinajstić information content (AvgIpc) is 3.16. The number of urea groups is 1. The summed E-state index contributed by atoms with van der Waals surface area (Å²) in [7, 11) is 3.22. The zero-order chi connectivity index (χ0) is 19.1. The van der Waals surface area contributed by atoms with Gasteiger partial charge in [-0.1, -0.05) is 30.3 Å². The predicted octanol–water partition coefficient (Wildman–Crippen LogP) is 4.19. The predicted molar refractivity (Wildman–Crippen MR) is 108 cm³/mol. The largest absolute Gasteiger partial charge is 0.497 e. The summed E-state index contributed by atoms with van der Waals surface area (Å²) in [6.45, 7) is 0.553. The standard InChI is InChI=1S/C20H21N3O3S/c1-25-15-8-9-18(26-2)16(12-15)17-13-27-20(22-17)23-19(24)21-11-10-14-6-4-3-5-7-14/h3-9,12-13H,10-11H2,1-2H3,(H2,21,22,23,24). The van der Waals surface area contributed by atoms with Crippen LogP contribution < -0.4 is 20.1 Å². The van der Waals surface area contributed by atoms with Gasteiger partial charge in [-0.2, -0.15) is 0 Å². The highest BCUT2D eigenvalue weighted by atomic mass is 32.1. The molecule has 3 aromatic rings. The second-order valence-electron chi connectivity index (χ2n) is 5.72. The molecule has 0 aliphatic carbocycles. The minimum Gasteiger partial charge on any atom is -0.497 e. The topological polar surface area (TPSA) is 72.5 Å². The fraction of sp³-hybridized carbons (Fsp3) is 0.200. The quantitative estimate of drug-likeness (QED) is 0.642. The van der Waals surface area contributed by atoms with E-state index in [2.05, 4.69) is 15.6 Å². The molecule has 0 atom stereocenters. The van der Waals surface area contributed by atoms with Crippen molar-refractivity contribution in [2.45, 2.75) is 6.42 Å². The summed E-state index contributed by atoms with van der Waals surface area (Å²) in [4.78, 5) is 16.6. The van der Waals surface area contributed by atoms with Crippen LogP contribution in [0.25, 0.3) is 11.3 Å². The van der Waals surface area contributed by atoms with Crippen LogP contribution in [0.4, 0.5) is 9.93 Å². The summed E-state index contributed by atoms with van der Waals surface area (Å²) >= 11 is 1.36. The van der Waals surface area contributed by atoms with Crippen LogP contribution in [-0.2, 0) is 6.42 Å². The molecule has 27 heavy (non-hydrogen) atoms. The van der Waals surface area contributed by atoms with Gasteiger partial charge in [0.15, 0.2) is 5.13 Å². The molecule has 2 amide bonds. The lowest BCUT2D eigenvalue weighted by atomic mass is 10.1. The van der Waals surface area contributed by atoms with Crippen LogP contribution in [0.5, 0.6) is 11.5 Å². The Hall–Kier alpha value is -3.06. The van der Waals surface area contributed by atoms with Gasteiger partial charge in [0.1, 0.15) is 11.5 Å². The van der Waals surface area contributed by atoms with Gasteiger partial charge in [-0.05, 0) is 30.2 Å². The minimum absolute atomic E-state index is 0.274. The van der Waals surface area contributed by atoms with Crippen LogP contribution in [0.15, 0.2) is 53.9 Å². The second-order valence-corrected chi connectivity index (χ2v) is 6.58. The van der Waals surface area contributed by atoms with Crippen LogP contribution in [0.2, 0.25) is 0 Å². The molecule has 1 aromatic heterocycles. The lowest BCUT2D eigenvalue weighted by Gasteiger charge is -2.08. The van der Waals surface area contributed by atoms with Gasteiger partial charge in [0.2, 0.25) is 0 Å². The number of nitrogens with one attached hydrogen (secondary N) is 2. The molecule has 2 N–H and O–H groups in total. The monoisotopic (exact) mass is 383 g/mol. The normalized spacial score (nSPS) is 10.3. The molecule has 0 aliphatic heterocycles. The number of amides is 2. The number of anilines is 1. The smallest absolute Gasteiger partial charge is 0.321 e. The first-order chi connectivity index (χ1) is 13.2. The fourth-order valence-corrected chi connectivity index (χ4v) is 3.28. The number of thiazole rings is 1. The Kier molecular flexibility index (Phi) is 6.27. The molecule has 2 aromatic carbocycles. The number of carbonyl (C=O) groups excluding carboxylic acids is 1. The van der Waals surface area contributed by atoms with E-state index in [4.69, 9.17) is 9.47 Å². The van der Waals surface area contributed by atoms with Gasteiger partial charge in [-0.25, -0.2) is 9.78 Å². The third-order valence-corrected chi connectivity index (χ3v) is 4.71. The molecule has 1 heterocycles. The summed E-state index contributed by atoms with van der Waals surface area (Å²) < 4.78 is 10.7. The summed E-state index contributed by atoms with van der Waals surface area (Å²) in [5.41, 5.74) is 2.71. The van der Waals surface area contributed by atoms with Gasteiger partial charge in [0.25, 0.3) is 0 Å². The van der Waals surface area contributed by atoms with Crippen LogP contribution >= 0.6 is 11.3 Å². The van der Waals surface area contributed by atoms with E-state index >= 15 is 0 Å². The van der Waals surface area contributed by atoms with E-state index in [1.807, 2.05) is 53.9 Å². The summed E-state index contributed by atoms with van der Waals surface area (Å²) in [5, 5.41) is 8.00. The van der Waals surface area contributed by atoms with E-state index in [-0.39, 0.29) is 6.03 Å². The maximum atomic E-state index is 12.1. The number of rotatable bonds is 7. The minimum atomic E-state index is -0.274. The molecule has 0 saturated carbocycles. The van der Waals surface area contributed by atoms with Crippen LogP contribution in [-0.4, -0.2) is 31.8 Å². The molecule has 0 bridgehead atoms. The number of benzene rings is 2. The Morgan fingerprint density at radius 3 is 2.67 bits per heavy atom. The van der Waals surface area contributed by atoms with Crippen molar-refractivity contribution in [3.05, 3.63) is 59.5 Å². The Balaban J connectivity index is 1.60. The molecule has 6 nitrogen and oxygen atoms in total. The first kappa shape index (κ1) is 18.7. The molecule has 0 aliphatic rings.